The number of nitrogens with zero attached hydrogens (tertiary/aromatic N) is 1. The Kier molecular flexibility index (Phi) is 7.90. The molecule has 35 heavy (non-hydrogen) atoms. The average Bonchev–Trinajstić information content (AvgIpc) is 3.25. The Hall–Kier alpha value is -3.55. The first kappa shape index (κ1) is 24.6. The van der Waals surface area contributed by atoms with E-state index < -0.39 is 12.0 Å². The summed E-state index contributed by atoms with van der Waals surface area (Å²) in [6.07, 6.45) is 2.39. The number of para-hydroxylation sites is 1. The molecule has 0 amide bonds. The van der Waals surface area contributed by atoms with Crippen LogP contribution in [0.5, 0.6) is 5.75 Å². The van der Waals surface area contributed by atoms with Crippen molar-refractivity contribution in [2.45, 2.75) is 25.5 Å². The first-order chi connectivity index (χ1) is 17.0. The van der Waals surface area contributed by atoms with E-state index in [0.717, 1.165) is 33.3 Å². The molecule has 2 atom stereocenters. The number of thiol groups is 1. The van der Waals surface area contributed by atoms with Crippen molar-refractivity contribution in [1.82, 2.24) is 4.57 Å². The van der Waals surface area contributed by atoms with Crippen molar-refractivity contribution < 1.29 is 19.4 Å². The second-order valence-corrected chi connectivity index (χ2v) is 8.90. The second kappa shape index (κ2) is 11.3. The smallest absolute Gasteiger partial charge is 0.320 e. The molecule has 0 saturated heterocycles. The van der Waals surface area contributed by atoms with Gasteiger partial charge in [0.15, 0.2) is 0 Å². The summed E-state index contributed by atoms with van der Waals surface area (Å²) in [5.74, 6) is -0.372. The van der Waals surface area contributed by atoms with E-state index >= 15 is 0 Å². The normalized spacial score (nSPS) is 12.9. The molecule has 0 spiro atoms. The predicted octanol–water partition coefficient (Wildman–Crippen LogP) is 4.60. The predicted molar refractivity (Wildman–Crippen MR) is 140 cm³/mol. The van der Waals surface area contributed by atoms with Gasteiger partial charge in [-0.05, 0) is 41.3 Å². The molecule has 0 aliphatic carbocycles. The van der Waals surface area contributed by atoms with Gasteiger partial charge in [-0.25, -0.2) is 0 Å². The van der Waals surface area contributed by atoms with Crippen LogP contribution in [0.2, 0.25) is 0 Å². The molecule has 6 nitrogen and oxygen atoms in total. The van der Waals surface area contributed by atoms with E-state index in [1.54, 1.807) is 10.8 Å². The standard InChI is InChI=1S/C28H28N2O4S/c29-25(28(32)33)15-21-16-30(26-9-5-4-8-24(21)26)27(31)22(18-35)14-19-10-12-23(13-11-19)34-17-20-6-2-1-3-7-20/h1-13,16,22,25,35H,14-15,17-18,29H2,(H,32,33). The van der Waals surface area contributed by atoms with Crippen LogP contribution in [-0.4, -0.2) is 33.3 Å². The maximum absolute atomic E-state index is 13.5. The summed E-state index contributed by atoms with van der Waals surface area (Å²) in [6, 6.07) is 24.2. The number of fused-ring (bicyclic) bond motifs is 1. The number of benzene rings is 3. The fraction of sp³-hybridized carbons (Fsp3) is 0.214. The lowest BCUT2D eigenvalue weighted by Gasteiger charge is -2.15. The fourth-order valence-corrected chi connectivity index (χ4v) is 4.38. The highest BCUT2D eigenvalue weighted by Gasteiger charge is 2.23. The Morgan fingerprint density at radius 1 is 0.914 bits per heavy atom. The lowest BCUT2D eigenvalue weighted by molar-refractivity contribution is -0.138. The highest BCUT2D eigenvalue weighted by Crippen LogP contribution is 2.25. The number of hydrogen-bond acceptors (Lipinski definition) is 5. The first-order valence-electron chi connectivity index (χ1n) is 11.4. The van der Waals surface area contributed by atoms with Crippen molar-refractivity contribution in [3.8, 4) is 5.75 Å². The highest BCUT2D eigenvalue weighted by molar-refractivity contribution is 7.80. The van der Waals surface area contributed by atoms with Crippen molar-refractivity contribution >= 4 is 35.4 Å². The molecule has 2 unspecified atom stereocenters. The second-order valence-electron chi connectivity index (χ2n) is 8.53. The summed E-state index contributed by atoms with van der Waals surface area (Å²) < 4.78 is 7.46. The van der Waals surface area contributed by atoms with Crippen LogP contribution in [0, 0.1) is 5.92 Å². The third kappa shape index (κ3) is 5.93. The molecular formula is C28H28N2O4S. The minimum atomic E-state index is -1.07. The Morgan fingerprint density at radius 2 is 1.60 bits per heavy atom. The Balaban J connectivity index is 1.48. The summed E-state index contributed by atoms with van der Waals surface area (Å²) in [5.41, 5.74) is 9.34. The number of nitrogens with two attached hydrogens (primary N) is 1. The van der Waals surface area contributed by atoms with Gasteiger partial charge in [-0.3, -0.25) is 14.2 Å². The number of aliphatic carboxylic acids is 1. The summed E-state index contributed by atoms with van der Waals surface area (Å²) in [5, 5.41) is 10.0. The molecule has 180 valence electrons. The molecule has 0 saturated carbocycles. The maximum Gasteiger partial charge on any atom is 0.320 e. The Morgan fingerprint density at radius 3 is 2.29 bits per heavy atom. The van der Waals surface area contributed by atoms with E-state index in [0.29, 0.717) is 18.8 Å². The van der Waals surface area contributed by atoms with Crippen LogP contribution in [-0.2, 0) is 24.2 Å². The van der Waals surface area contributed by atoms with Gasteiger partial charge in [-0.15, -0.1) is 0 Å². The number of hydrogen-bond donors (Lipinski definition) is 3. The van der Waals surface area contributed by atoms with E-state index in [4.69, 9.17) is 10.5 Å². The highest BCUT2D eigenvalue weighted by atomic mass is 32.1. The van der Waals surface area contributed by atoms with Crippen LogP contribution in [0.4, 0.5) is 0 Å². The quantitative estimate of drug-likeness (QED) is 0.284. The zero-order valence-electron chi connectivity index (χ0n) is 19.2. The number of aromatic nitrogens is 1. The van der Waals surface area contributed by atoms with Gasteiger partial charge >= 0.3 is 5.97 Å². The van der Waals surface area contributed by atoms with E-state index in [9.17, 15) is 14.7 Å². The minimum Gasteiger partial charge on any atom is -0.489 e. The van der Waals surface area contributed by atoms with Gasteiger partial charge in [-0.1, -0.05) is 60.7 Å². The number of carboxylic acids is 1. The fourth-order valence-electron chi connectivity index (χ4n) is 4.09. The summed E-state index contributed by atoms with van der Waals surface area (Å²) in [7, 11) is 0. The lowest BCUT2D eigenvalue weighted by atomic mass is 10.00. The van der Waals surface area contributed by atoms with E-state index in [2.05, 4.69) is 12.6 Å². The molecule has 0 radical (unpaired) electrons. The molecule has 4 rings (SSSR count). The zero-order valence-corrected chi connectivity index (χ0v) is 20.1. The van der Waals surface area contributed by atoms with Gasteiger partial charge in [0.25, 0.3) is 0 Å². The van der Waals surface area contributed by atoms with Crippen LogP contribution < -0.4 is 10.5 Å². The Bertz CT molecular complexity index is 1300. The number of carbonyl (C=O) groups excluding carboxylic acids is 1. The van der Waals surface area contributed by atoms with Crippen LogP contribution in [0.15, 0.2) is 85.1 Å². The van der Waals surface area contributed by atoms with Gasteiger partial charge < -0.3 is 15.6 Å². The number of carbonyl (C=O) groups is 2. The number of carboxylic acid groups (broad SMARTS) is 1. The van der Waals surface area contributed by atoms with Crippen LogP contribution >= 0.6 is 12.6 Å². The minimum absolute atomic E-state index is 0.0873. The maximum atomic E-state index is 13.5. The van der Waals surface area contributed by atoms with Gasteiger partial charge in [0, 0.05) is 23.8 Å². The summed E-state index contributed by atoms with van der Waals surface area (Å²) in [6.45, 7) is 0.493. The number of ether oxygens (including phenoxy) is 1. The monoisotopic (exact) mass is 488 g/mol. The molecule has 7 heteroatoms. The summed E-state index contributed by atoms with van der Waals surface area (Å²) in [4.78, 5) is 24.8. The van der Waals surface area contributed by atoms with E-state index in [-0.39, 0.29) is 18.2 Å². The lowest BCUT2D eigenvalue weighted by Crippen LogP contribution is -2.32. The zero-order chi connectivity index (χ0) is 24.8. The van der Waals surface area contributed by atoms with Crippen LogP contribution in [0.1, 0.15) is 21.5 Å². The van der Waals surface area contributed by atoms with Crippen molar-refractivity contribution in [1.29, 1.82) is 0 Å². The molecule has 3 N–H and O–H groups in total. The SMILES string of the molecule is NC(Cc1cn(C(=O)C(CS)Cc2ccc(OCc3ccccc3)cc2)c2ccccc12)C(=O)O. The molecule has 0 aliphatic heterocycles. The Labute approximate surface area is 209 Å². The third-order valence-electron chi connectivity index (χ3n) is 6.01. The van der Waals surface area contributed by atoms with Gasteiger partial charge in [0.05, 0.1) is 11.4 Å². The molecule has 4 aromatic rings. The first-order valence-corrected chi connectivity index (χ1v) is 12.1. The van der Waals surface area contributed by atoms with Crippen molar-refractivity contribution in [3.05, 3.63) is 102 Å². The van der Waals surface area contributed by atoms with Gasteiger partial charge in [-0.2, -0.15) is 12.6 Å². The van der Waals surface area contributed by atoms with Crippen LogP contribution in [0.25, 0.3) is 10.9 Å². The molecular weight excluding hydrogens is 460 g/mol. The van der Waals surface area contributed by atoms with Gasteiger partial charge in [0.2, 0.25) is 5.91 Å². The summed E-state index contributed by atoms with van der Waals surface area (Å²) >= 11 is 4.46. The van der Waals surface area contributed by atoms with Crippen molar-refractivity contribution in [2.75, 3.05) is 5.75 Å². The molecule has 3 aromatic carbocycles. The van der Waals surface area contributed by atoms with Crippen molar-refractivity contribution in [2.24, 2.45) is 11.7 Å². The molecule has 0 bridgehead atoms. The molecule has 1 aromatic heterocycles. The van der Waals surface area contributed by atoms with Crippen LogP contribution in [0.3, 0.4) is 0 Å². The van der Waals surface area contributed by atoms with Crippen molar-refractivity contribution in [3.63, 3.8) is 0 Å². The van der Waals surface area contributed by atoms with E-state index in [1.807, 2.05) is 78.9 Å². The third-order valence-corrected chi connectivity index (χ3v) is 6.45. The molecule has 0 fully saturated rings. The average molecular weight is 489 g/mol. The van der Waals surface area contributed by atoms with E-state index in [1.165, 1.54) is 0 Å². The topological polar surface area (TPSA) is 94.5 Å². The van der Waals surface area contributed by atoms with Gasteiger partial charge in [0.1, 0.15) is 18.4 Å². The molecule has 0 aliphatic rings. The molecule has 1 heterocycles. The largest absolute Gasteiger partial charge is 0.489 e. The number of rotatable bonds is 10.